The minimum Gasteiger partial charge on any atom is -0.399 e. The molecule has 0 bridgehead atoms. The monoisotopic (exact) mass is 342 g/mol. The first-order chi connectivity index (χ1) is 12.0. The number of para-hydroxylation sites is 1. The van der Waals surface area contributed by atoms with Gasteiger partial charge < -0.3 is 16.0 Å². The second-order valence-corrected chi connectivity index (χ2v) is 6.36. The normalized spacial score (nSPS) is 14.7. The minimum atomic E-state index is -0.479. The zero-order chi connectivity index (χ0) is 17.8. The van der Waals surface area contributed by atoms with E-state index in [1.807, 2.05) is 12.1 Å². The first-order valence-electron chi connectivity index (χ1n) is 8.39. The number of carbonyl (C=O) groups excluding carboxylic acids is 1. The van der Waals surface area contributed by atoms with Crippen molar-refractivity contribution in [1.29, 1.82) is 0 Å². The molecule has 2 aromatic carbocycles. The molecule has 132 valence electrons. The molecular formula is C19H23FN4O. The van der Waals surface area contributed by atoms with Crippen LogP contribution < -0.4 is 16.0 Å². The van der Waals surface area contributed by atoms with E-state index >= 15 is 0 Å². The predicted octanol–water partition coefficient (Wildman–Crippen LogP) is 2.69. The summed E-state index contributed by atoms with van der Waals surface area (Å²) >= 11 is 0. The van der Waals surface area contributed by atoms with E-state index in [2.05, 4.69) is 34.3 Å². The van der Waals surface area contributed by atoms with Crippen LogP contribution in [0.3, 0.4) is 0 Å². The molecule has 0 aliphatic carbocycles. The number of nitrogens with zero attached hydrogens (tertiary/aromatic N) is 2. The lowest BCUT2D eigenvalue weighted by atomic mass is 10.1. The van der Waals surface area contributed by atoms with Crippen LogP contribution in [0.5, 0.6) is 0 Å². The Morgan fingerprint density at radius 2 is 2.04 bits per heavy atom. The summed E-state index contributed by atoms with van der Waals surface area (Å²) in [5.74, 6) is -0.691. The molecule has 0 unspecified atom stereocenters. The van der Waals surface area contributed by atoms with Crippen molar-refractivity contribution in [3.63, 3.8) is 0 Å². The number of nitrogens with two attached hydrogens (primary N) is 1. The maximum absolute atomic E-state index is 13.7. The Morgan fingerprint density at radius 1 is 1.24 bits per heavy atom. The number of nitrogens with one attached hydrogen (secondary N) is 1. The number of fused-ring (bicyclic) bond motifs is 1. The van der Waals surface area contributed by atoms with E-state index in [0.29, 0.717) is 18.7 Å². The number of rotatable bonds is 4. The molecule has 1 heterocycles. The molecule has 6 heteroatoms. The van der Waals surface area contributed by atoms with E-state index in [0.717, 1.165) is 19.6 Å². The Hall–Kier alpha value is -2.60. The largest absolute Gasteiger partial charge is 0.399 e. The predicted molar refractivity (Wildman–Crippen MR) is 99.0 cm³/mol. The molecule has 1 amide bonds. The maximum atomic E-state index is 13.7. The standard InChI is InChI=1S/C19H23FN4O/c1-23-10-11-24(13-14-4-2-3-5-18(14)23)9-8-19(25)22-17-12-15(21)6-7-16(17)20/h2-7,12H,8-11,13,21H2,1H3,(H,22,25). The summed E-state index contributed by atoms with van der Waals surface area (Å²) in [7, 11) is 2.08. The first kappa shape index (κ1) is 17.2. The molecule has 0 radical (unpaired) electrons. The molecule has 0 aromatic heterocycles. The van der Waals surface area contributed by atoms with E-state index < -0.39 is 5.82 Å². The lowest BCUT2D eigenvalue weighted by Crippen LogP contribution is -2.31. The van der Waals surface area contributed by atoms with Crippen molar-refractivity contribution in [3.05, 3.63) is 53.8 Å². The van der Waals surface area contributed by atoms with E-state index in [4.69, 9.17) is 5.73 Å². The van der Waals surface area contributed by atoms with Crippen LogP contribution >= 0.6 is 0 Å². The Labute approximate surface area is 147 Å². The molecule has 0 fully saturated rings. The number of hydrogen-bond donors (Lipinski definition) is 2. The molecule has 2 aromatic rings. The second kappa shape index (κ2) is 7.53. The van der Waals surface area contributed by atoms with Gasteiger partial charge in [0.2, 0.25) is 5.91 Å². The number of hydrogen-bond acceptors (Lipinski definition) is 4. The van der Waals surface area contributed by atoms with Crippen LogP contribution in [0.15, 0.2) is 42.5 Å². The number of likely N-dealkylation sites (N-methyl/N-ethyl adjacent to an activating group) is 1. The molecule has 0 spiro atoms. The number of benzene rings is 2. The van der Waals surface area contributed by atoms with Crippen LogP contribution in [0.1, 0.15) is 12.0 Å². The van der Waals surface area contributed by atoms with Crippen molar-refractivity contribution >= 4 is 23.0 Å². The SMILES string of the molecule is CN1CCN(CCC(=O)Nc2cc(N)ccc2F)Cc2ccccc21. The van der Waals surface area contributed by atoms with Crippen molar-refractivity contribution in [1.82, 2.24) is 4.90 Å². The highest BCUT2D eigenvalue weighted by Crippen LogP contribution is 2.23. The van der Waals surface area contributed by atoms with Crippen molar-refractivity contribution in [3.8, 4) is 0 Å². The molecule has 0 saturated heterocycles. The van der Waals surface area contributed by atoms with Crippen LogP contribution in [0.4, 0.5) is 21.5 Å². The molecule has 0 atom stereocenters. The molecule has 1 aliphatic heterocycles. The number of amides is 1. The quantitative estimate of drug-likeness (QED) is 0.839. The zero-order valence-electron chi connectivity index (χ0n) is 14.3. The fourth-order valence-electron chi connectivity index (χ4n) is 3.05. The third-order valence-electron chi connectivity index (χ3n) is 4.47. The van der Waals surface area contributed by atoms with Gasteiger partial charge in [0.25, 0.3) is 0 Å². The van der Waals surface area contributed by atoms with E-state index in [1.165, 1.54) is 29.4 Å². The summed E-state index contributed by atoms with van der Waals surface area (Å²) in [6.45, 7) is 3.21. The lowest BCUT2D eigenvalue weighted by Gasteiger charge is -2.20. The zero-order valence-corrected chi connectivity index (χ0v) is 14.3. The summed E-state index contributed by atoms with van der Waals surface area (Å²) in [4.78, 5) is 16.6. The lowest BCUT2D eigenvalue weighted by molar-refractivity contribution is -0.116. The van der Waals surface area contributed by atoms with Crippen LogP contribution in [-0.4, -0.2) is 37.5 Å². The van der Waals surface area contributed by atoms with E-state index in [-0.39, 0.29) is 11.6 Å². The maximum Gasteiger partial charge on any atom is 0.225 e. The van der Waals surface area contributed by atoms with Gasteiger partial charge in [0.1, 0.15) is 5.82 Å². The second-order valence-electron chi connectivity index (χ2n) is 6.36. The average molecular weight is 342 g/mol. The van der Waals surface area contributed by atoms with Crippen molar-refractivity contribution in [2.24, 2.45) is 0 Å². The van der Waals surface area contributed by atoms with Gasteiger partial charge in [-0.1, -0.05) is 18.2 Å². The molecule has 0 saturated carbocycles. The molecule has 1 aliphatic rings. The number of halogens is 1. The summed E-state index contributed by atoms with van der Waals surface area (Å²) in [5, 5.41) is 2.60. The van der Waals surface area contributed by atoms with Crippen LogP contribution in [-0.2, 0) is 11.3 Å². The fourth-order valence-corrected chi connectivity index (χ4v) is 3.05. The molecule has 25 heavy (non-hydrogen) atoms. The highest BCUT2D eigenvalue weighted by atomic mass is 19.1. The van der Waals surface area contributed by atoms with E-state index in [1.54, 1.807) is 0 Å². The average Bonchev–Trinajstić information content (AvgIpc) is 2.76. The van der Waals surface area contributed by atoms with Crippen LogP contribution in [0.25, 0.3) is 0 Å². The summed E-state index contributed by atoms with van der Waals surface area (Å²) in [6, 6.07) is 12.5. The van der Waals surface area contributed by atoms with Gasteiger partial charge in [-0.05, 0) is 29.8 Å². The van der Waals surface area contributed by atoms with E-state index in [9.17, 15) is 9.18 Å². The van der Waals surface area contributed by atoms with Crippen molar-refractivity contribution in [2.45, 2.75) is 13.0 Å². The van der Waals surface area contributed by atoms with Crippen molar-refractivity contribution < 1.29 is 9.18 Å². The molecular weight excluding hydrogens is 319 g/mol. The molecule has 5 nitrogen and oxygen atoms in total. The Kier molecular flexibility index (Phi) is 5.19. The highest BCUT2D eigenvalue weighted by molar-refractivity contribution is 5.91. The van der Waals surface area contributed by atoms with Gasteiger partial charge in [-0.2, -0.15) is 0 Å². The Bertz CT molecular complexity index is 765. The summed E-state index contributed by atoms with van der Waals surface area (Å²) < 4.78 is 13.7. The fraction of sp³-hybridized carbons (Fsp3) is 0.316. The van der Waals surface area contributed by atoms with Gasteiger partial charge in [0.05, 0.1) is 5.69 Å². The van der Waals surface area contributed by atoms with Gasteiger partial charge in [0, 0.05) is 51.0 Å². The summed E-state index contributed by atoms with van der Waals surface area (Å²) in [6.07, 6.45) is 0.306. The highest BCUT2D eigenvalue weighted by Gasteiger charge is 2.18. The molecule has 3 rings (SSSR count). The van der Waals surface area contributed by atoms with Gasteiger partial charge in [-0.15, -0.1) is 0 Å². The van der Waals surface area contributed by atoms with Gasteiger partial charge in [0.15, 0.2) is 0 Å². The Morgan fingerprint density at radius 3 is 2.88 bits per heavy atom. The van der Waals surface area contributed by atoms with Gasteiger partial charge in [-0.25, -0.2) is 4.39 Å². The minimum absolute atomic E-state index is 0.131. The molecule has 3 N–H and O–H groups in total. The van der Waals surface area contributed by atoms with Crippen LogP contribution in [0, 0.1) is 5.82 Å². The van der Waals surface area contributed by atoms with Crippen LogP contribution in [0.2, 0.25) is 0 Å². The summed E-state index contributed by atoms with van der Waals surface area (Å²) in [5.41, 5.74) is 8.68. The number of nitrogen functional groups attached to an aromatic ring is 1. The number of carbonyl (C=O) groups is 1. The smallest absolute Gasteiger partial charge is 0.225 e. The van der Waals surface area contributed by atoms with Crippen molar-refractivity contribution in [2.75, 3.05) is 42.6 Å². The number of anilines is 3. The van der Waals surface area contributed by atoms with Gasteiger partial charge >= 0.3 is 0 Å². The Balaban J connectivity index is 1.58. The topological polar surface area (TPSA) is 61.6 Å². The first-order valence-corrected chi connectivity index (χ1v) is 8.39. The third-order valence-corrected chi connectivity index (χ3v) is 4.47. The third kappa shape index (κ3) is 4.28. The van der Waals surface area contributed by atoms with Gasteiger partial charge in [-0.3, -0.25) is 9.69 Å².